The minimum absolute atomic E-state index is 0.0637. The lowest BCUT2D eigenvalue weighted by Gasteiger charge is -2.13. The average molecular weight is 281 g/mol. The number of carbonyl (C=O) groups is 1. The highest BCUT2D eigenvalue weighted by atomic mass is 35.5. The first-order chi connectivity index (χ1) is 8.65. The summed E-state index contributed by atoms with van der Waals surface area (Å²) in [5, 5.41) is 5.63. The van der Waals surface area contributed by atoms with Gasteiger partial charge < -0.3 is 10.6 Å². The molecule has 1 aromatic carbocycles. The molecule has 0 unspecified atom stereocenters. The molecule has 2 amide bonds. The molecule has 0 radical (unpaired) electrons. The van der Waals surface area contributed by atoms with Crippen molar-refractivity contribution in [1.29, 1.82) is 0 Å². The van der Waals surface area contributed by atoms with Crippen LogP contribution in [0.1, 0.15) is 17.8 Å². The molecule has 0 saturated carbocycles. The summed E-state index contributed by atoms with van der Waals surface area (Å²) in [4.78, 5) is 12.8. The Bertz CT molecular complexity index is 527. The molecule has 0 bridgehead atoms. The molecule has 0 aliphatic carbocycles. The maximum atomic E-state index is 11.8. The quantitative estimate of drug-likeness (QED) is 0.865. The first-order valence-corrected chi connectivity index (χ1v) is 6.72. The summed E-state index contributed by atoms with van der Waals surface area (Å²) in [6.07, 6.45) is 0. The number of halogens is 1. The van der Waals surface area contributed by atoms with Gasteiger partial charge in [-0.2, -0.15) is 0 Å². The summed E-state index contributed by atoms with van der Waals surface area (Å²) in [6, 6.07) is 12.8. The third kappa shape index (κ3) is 3.48. The second-order valence-corrected chi connectivity index (χ2v) is 5.57. The molecule has 2 aromatic rings. The summed E-state index contributed by atoms with van der Waals surface area (Å²) in [6.45, 7) is 1.92. The number of hydrogen-bond donors (Lipinski definition) is 2. The zero-order valence-electron chi connectivity index (χ0n) is 9.81. The number of urea groups is 1. The van der Waals surface area contributed by atoms with E-state index in [1.807, 2.05) is 49.4 Å². The number of amides is 2. The second-order valence-electron chi connectivity index (χ2n) is 3.83. The monoisotopic (exact) mass is 280 g/mol. The van der Waals surface area contributed by atoms with Gasteiger partial charge in [-0.05, 0) is 31.2 Å². The van der Waals surface area contributed by atoms with Crippen LogP contribution in [0.25, 0.3) is 0 Å². The molecule has 0 aliphatic heterocycles. The van der Waals surface area contributed by atoms with Gasteiger partial charge in [0.2, 0.25) is 0 Å². The van der Waals surface area contributed by atoms with E-state index in [1.165, 1.54) is 11.3 Å². The predicted molar refractivity (Wildman–Crippen MR) is 76.3 cm³/mol. The molecule has 5 heteroatoms. The third-order valence-electron chi connectivity index (χ3n) is 2.40. The molecule has 2 rings (SSSR count). The van der Waals surface area contributed by atoms with Gasteiger partial charge in [-0.3, -0.25) is 0 Å². The van der Waals surface area contributed by atoms with E-state index < -0.39 is 0 Å². The highest BCUT2D eigenvalue weighted by Crippen LogP contribution is 2.26. The summed E-state index contributed by atoms with van der Waals surface area (Å²) in [5.74, 6) is 0. The van der Waals surface area contributed by atoms with E-state index in [4.69, 9.17) is 11.6 Å². The van der Waals surface area contributed by atoms with Crippen molar-refractivity contribution in [2.45, 2.75) is 13.0 Å². The lowest BCUT2D eigenvalue weighted by Crippen LogP contribution is -2.30. The minimum Gasteiger partial charge on any atom is -0.331 e. The van der Waals surface area contributed by atoms with Crippen LogP contribution in [0.3, 0.4) is 0 Å². The molecule has 0 fully saturated rings. The van der Waals surface area contributed by atoms with Crippen LogP contribution in [-0.4, -0.2) is 6.03 Å². The average Bonchev–Trinajstić information content (AvgIpc) is 2.77. The largest absolute Gasteiger partial charge is 0.331 e. The Kier molecular flexibility index (Phi) is 4.23. The van der Waals surface area contributed by atoms with Gasteiger partial charge in [-0.25, -0.2) is 4.79 Å². The number of thiophene rings is 1. The molecular formula is C13H13ClN2OS. The summed E-state index contributed by atoms with van der Waals surface area (Å²) < 4.78 is 0.724. The van der Waals surface area contributed by atoms with Gasteiger partial charge in [-0.1, -0.05) is 29.8 Å². The number of anilines is 1. The summed E-state index contributed by atoms with van der Waals surface area (Å²) in [7, 11) is 0. The van der Waals surface area contributed by atoms with Gasteiger partial charge >= 0.3 is 6.03 Å². The molecule has 0 spiro atoms. The Morgan fingerprint density at radius 3 is 2.56 bits per heavy atom. The van der Waals surface area contributed by atoms with Crippen LogP contribution in [0.4, 0.5) is 10.5 Å². The Morgan fingerprint density at radius 1 is 1.22 bits per heavy atom. The Hall–Kier alpha value is -1.52. The van der Waals surface area contributed by atoms with E-state index in [0.717, 1.165) is 14.9 Å². The van der Waals surface area contributed by atoms with Crippen molar-refractivity contribution >= 4 is 34.7 Å². The topological polar surface area (TPSA) is 41.1 Å². The van der Waals surface area contributed by atoms with Crippen molar-refractivity contribution in [2.24, 2.45) is 0 Å². The predicted octanol–water partition coefficient (Wildman–Crippen LogP) is 4.28. The minimum atomic E-state index is -0.224. The zero-order valence-corrected chi connectivity index (χ0v) is 11.4. The van der Waals surface area contributed by atoms with E-state index >= 15 is 0 Å². The smallest absolute Gasteiger partial charge is 0.319 e. The Morgan fingerprint density at radius 2 is 1.94 bits per heavy atom. The van der Waals surface area contributed by atoms with Gasteiger partial charge in [0.1, 0.15) is 0 Å². The van der Waals surface area contributed by atoms with Crippen LogP contribution in [0.15, 0.2) is 42.5 Å². The van der Waals surface area contributed by atoms with Gasteiger partial charge in [0.15, 0.2) is 0 Å². The number of carbonyl (C=O) groups excluding carboxylic acids is 1. The summed E-state index contributed by atoms with van der Waals surface area (Å²) >= 11 is 7.33. The maximum Gasteiger partial charge on any atom is 0.319 e. The maximum absolute atomic E-state index is 11.8. The van der Waals surface area contributed by atoms with E-state index in [9.17, 15) is 4.79 Å². The zero-order chi connectivity index (χ0) is 13.0. The van der Waals surface area contributed by atoms with Crippen molar-refractivity contribution in [2.75, 3.05) is 5.32 Å². The molecular weight excluding hydrogens is 268 g/mol. The number of rotatable bonds is 3. The molecule has 0 aliphatic rings. The van der Waals surface area contributed by atoms with Crippen LogP contribution in [0.5, 0.6) is 0 Å². The molecule has 1 atom stereocenters. The molecule has 3 nitrogen and oxygen atoms in total. The van der Waals surface area contributed by atoms with Crippen LogP contribution >= 0.6 is 22.9 Å². The fraction of sp³-hybridized carbons (Fsp3) is 0.154. The fourth-order valence-electron chi connectivity index (χ4n) is 1.52. The van der Waals surface area contributed by atoms with Crippen LogP contribution in [0.2, 0.25) is 4.34 Å². The first-order valence-electron chi connectivity index (χ1n) is 5.53. The number of hydrogen-bond acceptors (Lipinski definition) is 2. The van der Waals surface area contributed by atoms with Crippen LogP contribution in [0, 0.1) is 0 Å². The molecule has 18 heavy (non-hydrogen) atoms. The van der Waals surface area contributed by atoms with Gasteiger partial charge in [-0.15, -0.1) is 11.3 Å². The fourth-order valence-corrected chi connectivity index (χ4v) is 2.58. The van der Waals surface area contributed by atoms with Crippen LogP contribution < -0.4 is 10.6 Å². The summed E-state index contributed by atoms with van der Waals surface area (Å²) in [5.41, 5.74) is 0.770. The standard InChI is InChI=1S/C13H13ClN2OS/c1-9(11-7-8-12(14)18-11)15-13(17)16-10-5-3-2-4-6-10/h2-9H,1H3,(H2,15,16,17)/t9-/m1/s1. The van der Waals surface area contributed by atoms with Gasteiger partial charge in [0.25, 0.3) is 0 Å². The van der Waals surface area contributed by atoms with Crippen molar-refractivity contribution < 1.29 is 4.79 Å². The molecule has 1 aromatic heterocycles. The van der Waals surface area contributed by atoms with Gasteiger partial charge in [0.05, 0.1) is 10.4 Å². The van der Waals surface area contributed by atoms with Gasteiger partial charge in [0, 0.05) is 10.6 Å². The highest BCUT2D eigenvalue weighted by molar-refractivity contribution is 7.16. The van der Waals surface area contributed by atoms with Crippen molar-refractivity contribution in [3.63, 3.8) is 0 Å². The molecule has 0 saturated heterocycles. The lowest BCUT2D eigenvalue weighted by atomic mass is 10.3. The molecule has 94 valence electrons. The number of nitrogens with one attached hydrogen (secondary N) is 2. The Labute approximate surface area is 115 Å². The van der Waals surface area contributed by atoms with Crippen molar-refractivity contribution in [1.82, 2.24) is 5.32 Å². The van der Waals surface area contributed by atoms with E-state index in [-0.39, 0.29) is 12.1 Å². The normalized spacial score (nSPS) is 11.9. The van der Waals surface area contributed by atoms with E-state index in [2.05, 4.69) is 10.6 Å². The molecule has 1 heterocycles. The highest BCUT2D eigenvalue weighted by Gasteiger charge is 2.11. The first kappa shape index (κ1) is 12.9. The van der Waals surface area contributed by atoms with Crippen molar-refractivity contribution in [3.8, 4) is 0 Å². The van der Waals surface area contributed by atoms with Crippen LogP contribution in [-0.2, 0) is 0 Å². The molecule has 2 N–H and O–H groups in total. The van der Waals surface area contributed by atoms with E-state index in [1.54, 1.807) is 0 Å². The number of para-hydroxylation sites is 1. The van der Waals surface area contributed by atoms with Crippen molar-refractivity contribution in [3.05, 3.63) is 51.7 Å². The second kappa shape index (κ2) is 5.89. The third-order valence-corrected chi connectivity index (χ3v) is 3.81. The number of benzene rings is 1. The van der Waals surface area contributed by atoms with E-state index in [0.29, 0.717) is 0 Å². The lowest BCUT2D eigenvalue weighted by molar-refractivity contribution is 0.249. The Balaban J connectivity index is 1.92. The SMILES string of the molecule is C[C@@H](NC(=O)Nc1ccccc1)c1ccc(Cl)s1.